The van der Waals surface area contributed by atoms with Crippen molar-refractivity contribution in [2.45, 2.75) is 26.7 Å². The summed E-state index contributed by atoms with van der Waals surface area (Å²) in [6.45, 7) is 6.38. The quantitative estimate of drug-likeness (QED) is 0.571. The average Bonchev–Trinajstić information content (AvgIpc) is 2.27. The van der Waals surface area contributed by atoms with Gasteiger partial charge < -0.3 is 4.74 Å². The van der Waals surface area contributed by atoms with E-state index in [9.17, 15) is 4.79 Å². The highest BCUT2D eigenvalue weighted by atomic mass is 16.5. The number of hydrogen-bond donors (Lipinski definition) is 0. The molecule has 0 radical (unpaired) electrons. The number of carbonyl (C=O) groups excluding carboxylic acids is 1. The maximum Gasteiger partial charge on any atom is 0.330 e. The van der Waals surface area contributed by atoms with Gasteiger partial charge in [-0.25, -0.2) is 4.79 Å². The lowest BCUT2D eigenvalue weighted by atomic mass is 10.0. The Balaban J connectivity index is 2.65. The van der Waals surface area contributed by atoms with Crippen molar-refractivity contribution in [3.05, 3.63) is 41.5 Å². The fourth-order valence-electron chi connectivity index (χ4n) is 1.19. The molecule has 0 amide bonds. The molecule has 0 aliphatic rings. The zero-order chi connectivity index (χ0) is 12.0. The van der Waals surface area contributed by atoms with Crippen LogP contribution in [-0.2, 0) is 9.53 Å². The fourth-order valence-corrected chi connectivity index (χ4v) is 1.19. The van der Waals surface area contributed by atoms with Crippen LogP contribution in [0.4, 0.5) is 0 Å². The zero-order valence-electron chi connectivity index (χ0n) is 9.91. The number of rotatable bonds is 4. The Bertz CT molecular complexity index is 361. The van der Waals surface area contributed by atoms with Crippen LogP contribution in [0.1, 0.15) is 37.8 Å². The van der Waals surface area contributed by atoms with Crippen molar-refractivity contribution in [2.75, 3.05) is 6.61 Å². The van der Waals surface area contributed by atoms with Gasteiger partial charge in [-0.15, -0.1) is 0 Å². The first kappa shape index (κ1) is 12.3. The second kappa shape index (κ2) is 5.97. The molecule has 0 N–H and O–H groups in total. The second-order valence-electron chi connectivity index (χ2n) is 3.73. The van der Waals surface area contributed by atoms with Gasteiger partial charge in [-0.3, -0.25) is 0 Å². The third-order valence-corrected chi connectivity index (χ3v) is 2.10. The number of esters is 1. The number of ether oxygens (including phenoxy) is 1. The molecule has 0 aliphatic heterocycles. The summed E-state index contributed by atoms with van der Waals surface area (Å²) in [4.78, 5) is 11.1. The van der Waals surface area contributed by atoms with Crippen LogP contribution < -0.4 is 0 Å². The molecule has 0 unspecified atom stereocenters. The smallest absolute Gasteiger partial charge is 0.330 e. The van der Waals surface area contributed by atoms with Crippen LogP contribution in [-0.4, -0.2) is 12.6 Å². The summed E-state index contributed by atoms with van der Waals surface area (Å²) < 4.78 is 4.78. The van der Waals surface area contributed by atoms with Crippen LogP contribution in [0.3, 0.4) is 0 Å². The van der Waals surface area contributed by atoms with Gasteiger partial charge in [-0.05, 0) is 31.1 Å². The highest BCUT2D eigenvalue weighted by Gasteiger charge is 1.97. The Kier molecular flexibility index (Phi) is 4.60. The van der Waals surface area contributed by atoms with Crippen LogP contribution in [0.15, 0.2) is 18.2 Å². The Morgan fingerprint density at radius 1 is 1.44 bits per heavy atom. The molecule has 2 nitrogen and oxygen atoms in total. The van der Waals surface area contributed by atoms with Crippen molar-refractivity contribution in [2.24, 2.45) is 0 Å². The van der Waals surface area contributed by atoms with E-state index in [-0.39, 0.29) is 5.97 Å². The largest absolute Gasteiger partial charge is 0.463 e. The Morgan fingerprint density at radius 3 is 2.69 bits per heavy atom. The predicted octanol–water partition coefficient (Wildman–Crippen LogP) is 2.99. The van der Waals surface area contributed by atoms with Gasteiger partial charge >= 0.3 is 5.97 Å². The maximum atomic E-state index is 11.1. The van der Waals surface area contributed by atoms with E-state index in [1.54, 1.807) is 13.0 Å². The van der Waals surface area contributed by atoms with Gasteiger partial charge in [0.05, 0.1) is 6.61 Å². The molecule has 1 rings (SSSR count). The first-order chi connectivity index (χ1) is 7.63. The minimum Gasteiger partial charge on any atom is -0.463 e. The zero-order valence-corrected chi connectivity index (χ0v) is 9.91. The van der Waals surface area contributed by atoms with Gasteiger partial charge in [0.1, 0.15) is 0 Å². The van der Waals surface area contributed by atoms with Crippen molar-refractivity contribution >= 4 is 12.0 Å². The molecule has 0 heterocycles. The van der Waals surface area contributed by atoms with Crippen molar-refractivity contribution in [1.29, 1.82) is 0 Å². The van der Waals surface area contributed by atoms with Gasteiger partial charge in [0.2, 0.25) is 0 Å². The molecule has 0 aromatic heterocycles. The molecular formula is C14H16O2. The normalized spacial score (nSPS) is 10.5. The lowest BCUT2D eigenvalue weighted by molar-refractivity contribution is -0.137. The summed E-state index contributed by atoms with van der Waals surface area (Å²) in [5.74, 6) is 0.114. The topological polar surface area (TPSA) is 26.3 Å². The van der Waals surface area contributed by atoms with E-state index in [2.05, 4.69) is 26.0 Å². The molecule has 0 saturated heterocycles. The second-order valence-corrected chi connectivity index (χ2v) is 3.73. The highest BCUT2D eigenvalue weighted by Crippen LogP contribution is 2.11. The van der Waals surface area contributed by atoms with E-state index in [1.165, 1.54) is 6.08 Å². The number of hydrogen-bond acceptors (Lipinski definition) is 2. The monoisotopic (exact) mass is 216 g/mol. The molecule has 0 aliphatic carbocycles. The standard InChI is InChI=1S/C14H16O2/c1-4-16-14(15)10-7-12-5-8-13(9-6-12)11(2)3/h5,7-8,10-11H,4H2,1-3H3/b10-7+. The lowest BCUT2D eigenvalue weighted by Gasteiger charge is -2.00. The highest BCUT2D eigenvalue weighted by molar-refractivity contribution is 5.86. The van der Waals surface area contributed by atoms with Crippen LogP contribution in [0, 0.1) is 12.1 Å². The Labute approximate surface area is 96.9 Å². The van der Waals surface area contributed by atoms with Gasteiger partial charge in [0.15, 0.2) is 0 Å². The molecule has 2 heteroatoms. The molecule has 0 bridgehead atoms. The molecule has 0 saturated carbocycles. The molecule has 1 aromatic rings. The molecule has 1 aromatic carbocycles. The first-order valence-corrected chi connectivity index (χ1v) is 5.42. The molecule has 0 spiro atoms. The summed E-state index contributed by atoms with van der Waals surface area (Å²) in [6.07, 6.45) is 3.08. The van der Waals surface area contributed by atoms with Gasteiger partial charge in [-0.2, -0.15) is 0 Å². The van der Waals surface area contributed by atoms with E-state index in [0.717, 1.165) is 11.1 Å². The van der Waals surface area contributed by atoms with Gasteiger partial charge in [0.25, 0.3) is 0 Å². The molecular weight excluding hydrogens is 200 g/mol. The van der Waals surface area contributed by atoms with E-state index in [1.807, 2.05) is 12.1 Å². The van der Waals surface area contributed by atoms with Crippen molar-refractivity contribution in [3.63, 3.8) is 0 Å². The fraction of sp³-hybridized carbons (Fsp3) is 0.357. The van der Waals surface area contributed by atoms with Crippen molar-refractivity contribution < 1.29 is 9.53 Å². The molecule has 0 atom stereocenters. The summed E-state index contributed by atoms with van der Waals surface area (Å²) in [5.41, 5.74) is 1.95. The molecule has 84 valence electrons. The SMILES string of the molecule is CCOC(=O)/C=C/c1c#cc(C(C)C)cc1. The van der Waals surface area contributed by atoms with Gasteiger partial charge in [-0.1, -0.05) is 26.0 Å². The minimum absolute atomic E-state index is 0.330. The van der Waals surface area contributed by atoms with Gasteiger partial charge in [0, 0.05) is 17.2 Å². The van der Waals surface area contributed by atoms with Crippen LogP contribution in [0.2, 0.25) is 0 Å². The van der Waals surface area contributed by atoms with E-state index >= 15 is 0 Å². The van der Waals surface area contributed by atoms with E-state index in [0.29, 0.717) is 12.5 Å². The number of carbonyl (C=O) groups is 1. The average molecular weight is 216 g/mol. The molecule has 0 fully saturated rings. The van der Waals surface area contributed by atoms with Crippen LogP contribution >= 0.6 is 0 Å². The first-order valence-electron chi connectivity index (χ1n) is 5.42. The third kappa shape index (κ3) is 3.78. The summed E-state index contributed by atoms with van der Waals surface area (Å²) in [6, 6.07) is 9.97. The van der Waals surface area contributed by atoms with Crippen molar-refractivity contribution in [1.82, 2.24) is 0 Å². The van der Waals surface area contributed by atoms with Crippen molar-refractivity contribution in [3.8, 4) is 0 Å². The summed E-state index contributed by atoms with van der Waals surface area (Å²) >= 11 is 0. The minimum atomic E-state index is -0.330. The summed E-state index contributed by atoms with van der Waals surface area (Å²) in [7, 11) is 0. The van der Waals surface area contributed by atoms with Crippen LogP contribution in [0.25, 0.3) is 6.08 Å². The lowest BCUT2D eigenvalue weighted by Crippen LogP contribution is -1.98. The van der Waals surface area contributed by atoms with E-state index < -0.39 is 0 Å². The predicted molar refractivity (Wildman–Crippen MR) is 63.9 cm³/mol. The molecule has 16 heavy (non-hydrogen) atoms. The van der Waals surface area contributed by atoms with Crippen LogP contribution in [0.5, 0.6) is 0 Å². The summed E-state index contributed by atoms with van der Waals surface area (Å²) in [5, 5.41) is 0. The Hall–Kier alpha value is -1.75. The van der Waals surface area contributed by atoms with E-state index in [4.69, 9.17) is 4.74 Å². The Morgan fingerprint density at radius 2 is 2.19 bits per heavy atom. The maximum absolute atomic E-state index is 11.1. The third-order valence-electron chi connectivity index (χ3n) is 2.10.